The SMILES string of the molecule is NNc1cc(OC2COC2)ccn1. The molecule has 0 saturated carbocycles. The second kappa shape index (κ2) is 3.59. The quantitative estimate of drug-likeness (QED) is 0.513. The first kappa shape index (κ1) is 8.28. The molecule has 0 bridgehead atoms. The van der Waals surface area contributed by atoms with Crippen LogP contribution in [-0.4, -0.2) is 24.3 Å². The summed E-state index contributed by atoms with van der Waals surface area (Å²) in [7, 11) is 0. The Labute approximate surface area is 75.8 Å². The summed E-state index contributed by atoms with van der Waals surface area (Å²) < 4.78 is 10.5. The van der Waals surface area contributed by atoms with Gasteiger partial charge in [0, 0.05) is 12.3 Å². The molecule has 13 heavy (non-hydrogen) atoms. The molecule has 0 spiro atoms. The van der Waals surface area contributed by atoms with Crippen LogP contribution in [0, 0.1) is 0 Å². The molecule has 1 aromatic heterocycles. The normalized spacial score (nSPS) is 16.4. The predicted octanol–water partition coefficient (Wildman–Crippen LogP) is 0.145. The second-order valence-corrected chi connectivity index (χ2v) is 2.80. The van der Waals surface area contributed by atoms with Crippen molar-refractivity contribution < 1.29 is 9.47 Å². The number of hydrogen-bond donors (Lipinski definition) is 2. The standard InChI is InChI=1S/C8H11N3O2/c9-11-8-3-6(1-2-10-8)13-7-4-12-5-7/h1-3,7H,4-5,9H2,(H,10,11). The van der Waals surface area contributed by atoms with Gasteiger partial charge in [-0.05, 0) is 6.07 Å². The minimum atomic E-state index is 0.174. The number of aromatic nitrogens is 1. The highest BCUT2D eigenvalue weighted by molar-refractivity contribution is 5.39. The highest BCUT2D eigenvalue weighted by atomic mass is 16.6. The van der Waals surface area contributed by atoms with Gasteiger partial charge in [-0.2, -0.15) is 0 Å². The summed E-state index contributed by atoms with van der Waals surface area (Å²) >= 11 is 0. The number of ether oxygens (including phenoxy) is 2. The number of hydrogen-bond acceptors (Lipinski definition) is 5. The molecule has 0 atom stereocenters. The molecule has 1 aliphatic heterocycles. The van der Waals surface area contributed by atoms with Crippen molar-refractivity contribution in [3.05, 3.63) is 18.3 Å². The minimum absolute atomic E-state index is 0.174. The first-order chi connectivity index (χ1) is 6.38. The average molecular weight is 181 g/mol. The summed E-state index contributed by atoms with van der Waals surface area (Å²) in [4.78, 5) is 3.96. The Morgan fingerprint density at radius 2 is 2.46 bits per heavy atom. The molecule has 1 fully saturated rings. The van der Waals surface area contributed by atoms with Crippen molar-refractivity contribution in [2.75, 3.05) is 18.6 Å². The molecule has 1 aliphatic rings. The van der Waals surface area contributed by atoms with Gasteiger partial charge in [0.1, 0.15) is 17.7 Å². The van der Waals surface area contributed by atoms with Crippen molar-refractivity contribution in [3.8, 4) is 5.75 Å². The largest absolute Gasteiger partial charge is 0.485 e. The number of nitrogens with two attached hydrogens (primary N) is 1. The van der Waals surface area contributed by atoms with E-state index in [0.29, 0.717) is 19.0 Å². The summed E-state index contributed by atoms with van der Waals surface area (Å²) in [6, 6.07) is 3.54. The Kier molecular flexibility index (Phi) is 2.29. The van der Waals surface area contributed by atoms with E-state index in [4.69, 9.17) is 15.3 Å². The van der Waals surface area contributed by atoms with Gasteiger partial charge in [-0.25, -0.2) is 10.8 Å². The molecule has 5 nitrogen and oxygen atoms in total. The van der Waals surface area contributed by atoms with Crippen LogP contribution in [0.25, 0.3) is 0 Å². The van der Waals surface area contributed by atoms with Crippen LogP contribution in [0.2, 0.25) is 0 Å². The number of hydrazine groups is 1. The summed E-state index contributed by atoms with van der Waals surface area (Å²) in [5.74, 6) is 6.56. The van der Waals surface area contributed by atoms with Crippen LogP contribution in [0.4, 0.5) is 5.82 Å². The topological polar surface area (TPSA) is 69.4 Å². The van der Waals surface area contributed by atoms with Crippen LogP contribution in [-0.2, 0) is 4.74 Å². The maximum absolute atomic E-state index is 5.53. The Bertz CT molecular complexity index is 288. The van der Waals surface area contributed by atoms with E-state index in [1.54, 1.807) is 18.3 Å². The van der Waals surface area contributed by atoms with E-state index in [9.17, 15) is 0 Å². The van der Waals surface area contributed by atoms with Crippen molar-refractivity contribution in [2.45, 2.75) is 6.10 Å². The van der Waals surface area contributed by atoms with E-state index in [1.807, 2.05) is 0 Å². The molecule has 0 radical (unpaired) electrons. The molecule has 1 aromatic rings. The molecule has 0 aromatic carbocycles. The first-order valence-corrected chi connectivity index (χ1v) is 4.05. The van der Waals surface area contributed by atoms with Gasteiger partial charge in [0.05, 0.1) is 13.2 Å². The Morgan fingerprint density at radius 3 is 3.08 bits per heavy atom. The van der Waals surface area contributed by atoms with Gasteiger partial charge in [-0.1, -0.05) is 0 Å². The lowest BCUT2D eigenvalue weighted by atomic mass is 10.3. The van der Waals surface area contributed by atoms with Crippen molar-refractivity contribution in [1.82, 2.24) is 4.98 Å². The summed E-state index contributed by atoms with van der Waals surface area (Å²) in [6.07, 6.45) is 1.82. The van der Waals surface area contributed by atoms with E-state index in [2.05, 4.69) is 10.4 Å². The highest BCUT2D eigenvalue weighted by Gasteiger charge is 2.19. The van der Waals surface area contributed by atoms with Gasteiger partial charge in [-0.15, -0.1) is 0 Å². The Morgan fingerprint density at radius 1 is 1.62 bits per heavy atom. The minimum Gasteiger partial charge on any atom is -0.485 e. The number of pyridine rings is 1. The van der Waals surface area contributed by atoms with E-state index >= 15 is 0 Å². The lowest BCUT2D eigenvalue weighted by Gasteiger charge is -2.26. The average Bonchev–Trinajstić information content (AvgIpc) is 2.12. The smallest absolute Gasteiger partial charge is 0.145 e. The fourth-order valence-electron chi connectivity index (χ4n) is 1.04. The molecule has 5 heteroatoms. The van der Waals surface area contributed by atoms with Gasteiger partial charge in [0.15, 0.2) is 0 Å². The van der Waals surface area contributed by atoms with Crippen LogP contribution in [0.15, 0.2) is 18.3 Å². The summed E-state index contributed by atoms with van der Waals surface area (Å²) in [5, 5.41) is 0. The molecule has 0 amide bonds. The predicted molar refractivity (Wildman–Crippen MR) is 47.3 cm³/mol. The third-order valence-corrected chi connectivity index (χ3v) is 1.79. The van der Waals surface area contributed by atoms with Crippen LogP contribution in [0.1, 0.15) is 0 Å². The summed E-state index contributed by atoms with van der Waals surface area (Å²) in [5.41, 5.74) is 2.45. The van der Waals surface area contributed by atoms with Crippen LogP contribution >= 0.6 is 0 Å². The van der Waals surface area contributed by atoms with Gasteiger partial charge >= 0.3 is 0 Å². The van der Waals surface area contributed by atoms with Gasteiger partial charge in [-0.3, -0.25) is 0 Å². The molecule has 2 heterocycles. The first-order valence-electron chi connectivity index (χ1n) is 4.05. The van der Waals surface area contributed by atoms with Gasteiger partial charge in [0.25, 0.3) is 0 Å². The van der Waals surface area contributed by atoms with E-state index in [-0.39, 0.29) is 6.10 Å². The van der Waals surface area contributed by atoms with Gasteiger partial charge < -0.3 is 14.9 Å². The van der Waals surface area contributed by atoms with E-state index in [0.717, 1.165) is 5.75 Å². The molecule has 1 saturated heterocycles. The number of nitrogens with zero attached hydrogens (tertiary/aromatic N) is 1. The lowest BCUT2D eigenvalue weighted by molar-refractivity contribution is -0.0796. The van der Waals surface area contributed by atoms with Crippen molar-refractivity contribution in [1.29, 1.82) is 0 Å². The van der Waals surface area contributed by atoms with E-state index < -0.39 is 0 Å². The van der Waals surface area contributed by atoms with Crippen molar-refractivity contribution in [2.24, 2.45) is 5.84 Å². The zero-order valence-electron chi connectivity index (χ0n) is 7.06. The third-order valence-electron chi connectivity index (χ3n) is 1.79. The second-order valence-electron chi connectivity index (χ2n) is 2.80. The number of nitrogen functional groups attached to an aromatic ring is 1. The molecule has 70 valence electrons. The van der Waals surface area contributed by atoms with Gasteiger partial charge in [0.2, 0.25) is 0 Å². The van der Waals surface area contributed by atoms with Crippen LogP contribution < -0.4 is 16.0 Å². The van der Waals surface area contributed by atoms with Crippen molar-refractivity contribution >= 4 is 5.82 Å². The van der Waals surface area contributed by atoms with Crippen LogP contribution in [0.3, 0.4) is 0 Å². The lowest BCUT2D eigenvalue weighted by Crippen LogP contribution is -2.38. The fourth-order valence-corrected chi connectivity index (χ4v) is 1.04. The van der Waals surface area contributed by atoms with Crippen molar-refractivity contribution in [3.63, 3.8) is 0 Å². The monoisotopic (exact) mass is 181 g/mol. The number of nitrogens with one attached hydrogen (secondary N) is 1. The van der Waals surface area contributed by atoms with Crippen LogP contribution in [0.5, 0.6) is 5.75 Å². The highest BCUT2D eigenvalue weighted by Crippen LogP contribution is 2.17. The maximum atomic E-state index is 5.53. The Hall–Kier alpha value is -1.33. The zero-order chi connectivity index (χ0) is 9.10. The molecule has 2 rings (SSSR count). The van der Waals surface area contributed by atoms with E-state index in [1.165, 1.54) is 0 Å². The Balaban J connectivity index is 2.01. The third kappa shape index (κ3) is 1.88. The number of rotatable bonds is 3. The molecular weight excluding hydrogens is 170 g/mol. The molecule has 0 aliphatic carbocycles. The summed E-state index contributed by atoms with van der Waals surface area (Å²) in [6.45, 7) is 1.32. The maximum Gasteiger partial charge on any atom is 0.145 e. The molecular formula is C8H11N3O2. The molecule has 3 N–H and O–H groups in total. The number of anilines is 1. The fraction of sp³-hybridized carbons (Fsp3) is 0.375. The molecule has 0 unspecified atom stereocenters. The zero-order valence-corrected chi connectivity index (χ0v) is 7.06.